The van der Waals surface area contributed by atoms with Crippen LogP contribution in [0.5, 0.6) is 0 Å². The van der Waals surface area contributed by atoms with E-state index in [9.17, 15) is 14.7 Å². The highest BCUT2D eigenvalue weighted by molar-refractivity contribution is 6.30. The summed E-state index contributed by atoms with van der Waals surface area (Å²) in [6, 6.07) is 14.7. The Morgan fingerprint density at radius 3 is 2.55 bits per heavy atom. The number of esters is 1. The van der Waals surface area contributed by atoms with Crippen molar-refractivity contribution >= 4 is 29.7 Å². The number of nitrogens with one attached hydrogen (secondary N) is 2. The van der Waals surface area contributed by atoms with Gasteiger partial charge in [0.25, 0.3) is 5.91 Å². The molecule has 0 aliphatic rings. The van der Waals surface area contributed by atoms with Crippen LogP contribution in [0.1, 0.15) is 18.9 Å². The van der Waals surface area contributed by atoms with Crippen LogP contribution in [0.3, 0.4) is 0 Å². The van der Waals surface area contributed by atoms with Gasteiger partial charge in [-0.2, -0.15) is 0 Å². The van der Waals surface area contributed by atoms with Crippen molar-refractivity contribution in [2.45, 2.75) is 25.8 Å². The highest BCUT2D eigenvalue weighted by Crippen LogP contribution is 2.23. The summed E-state index contributed by atoms with van der Waals surface area (Å²) in [7, 11) is 0. The molecule has 1 atom stereocenters. The van der Waals surface area contributed by atoms with Crippen molar-refractivity contribution in [3.63, 3.8) is 0 Å². The molecular formula is C22H23ClN2O4. The average Bonchev–Trinajstić information content (AvgIpc) is 2.68. The second kappa shape index (κ2) is 11.0. The quantitative estimate of drug-likeness (QED) is 0.249. The zero-order chi connectivity index (χ0) is 21.2. The number of amides is 1. The van der Waals surface area contributed by atoms with Crippen LogP contribution in [0.4, 0.5) is 0 Å². The molecule has 2 aromatic rings. The van der Waals surface area contributed by atoms with Gasteiger partial charge in [-0.15, -0.1) is 0 Å². The summed E-state index contributed by atoms with van der Waals surface area (Å²) in [5.74, 6) is -1.78. The van der Waals surface area contributed by atoms with Crippen LogP contribution in [0.25, 0.3) is 11.1 Å². The van der Waals surface area contributed by atoms with Crippen molar-refractivity contribution in [1.82, 2.24) is 5.32 Å². The number of rotatable bonds is 9. The molecule has 2 rings (SSSR count). The first-order valence-corrected chi connectivity index (χ1v) is 9.51. The fourth-order valence-corrected chi connectivity index (χ4v) is 2.99. The average molecular weight is 415 g/mol. The summed E-state index contributed by atoms with van der Waals surface area (Å²) >= 11 is 6.04. The van der Waals surface area contributed by atoms with Crippen molar-refractivity contribution in [2.75, 3.05) is 6.61 Å². The maximum atomic E-state index is 12.0. The molecule has 0 fully saturated rings. The number of carbonyl (C=O) groups is 2. The first kappa shape index (κ1) is 22.2. The Morgan fingerprint density at radius 1 is 1.21 bits per heavy atom. The van der Waals surface area contributed by atoms with E-state index in [0.29, 0.717) is 11.4 Å². The molecule has 0 aliphatic heterocycles. The molecule has 3 N–H and O–H groups in total. The molecule has 0 aromatic heterocycles. The van der Waals surface area contributed by atoms with Gasteiger partial charge in [-0.25, -0.2) is 0 Å². The molecular weight excluding hydrogens is 392 g/mol. The smallest absolute Gasteiger partial charge is 0.307 e. The minimum Gasteiger partial charge on any atom is -0.503 e. The van der Waals surface area contributed by atoms with E-state index in [-0.39, 0.29) is 13.0 Å². The van der Waals surface area contributed by atoms with Gasteiger partial charge in [0.1, 0.15) is 0 Å². The molecule has 0 aliphatic carbocycles. The van der Waals surface area contributed by atoms with Gasteiger partial charge in [-0.3, -0.25) is 9.59 Å². The number of halogens is 1. The minimum atomic E-state index is -0.752. The topological polar surface area (TPSA) is 99.5 Å². The number of ether oxygens (including phenoxy) is 1. The molecule has 7 heteroatoms. The molecule has 6 nitrogen and oxygen atoms in total. The Kier molecular flexibility index (Phi) is 8.43. The first-order valence-electron chi connectivity index (χ1n) is 9.14. The van der Waals surface area contributed by atoms with Gasteiger partial charge in [0.05, 0.1) is 13.0 Å². The Hall–Kier alpha value is -3.12. The van der Waals surface area contributed by atoms with Crippen molar-refractivity contribution in [2.24, 2.45) is 0 Å². The van der Waals surface area contributed by atoms with Crippen LogP contribution in [-0.4, -0.2) is 35.8 Å². The fourth-order valence-electron chi connectivity index (χ4n) is 2.80. The largest absolute Gasteiger partial charge is 0.503 e. The molecule has 0 bridgehead atoms. The van der Waals surface area contributed by atoms with E-state index in [0.717, 1.165) is 29.0 Å². The van der Waals surface area contributed by atoms with Crippen LogP contribution in [0.2, 0.25) is 5.02 Å². The third-order valence-corrected chi connectivity index (χ3v) is 4.36. The zero-order valence-electron chi connectivity index (χ0n) is 16.0. The highest BCUT2D eigenvalue weighted by Gasteiger charge is 2.19. The molecule has 2 aromatic carbocycles. The Labute approximate surface area is 174 Å². The van der Waals surface area contributed by atoms with Crippen LogP contribution >= 0.6 is 11.6 Å². The number of carbonyl (C=O) groups excluding carboxylic acids is 2. The fraction of sp³-hybridized carbons (Fsp3) is 0.227. The zero-order valence-corrected chi connectivity index (χ0v) is 16.8. The van der Waals surface area contributed by atoms with Gasteiger partial charge in [-0.05, 0) is 42.2 Å². The number of hydrogen-bond acceptors (Lipinski definition) is 5. The van der Waals surface area contributed by atoms with Crippen molar-refractivity contribution in [1.29, 1.82) is 5.41 Å². The van der Waals surface area contributed by atoms with E-state index in [4.69, 9.17) is 21.7 Å². The maximum Gasteiger partial charge on any atom is 0.307 e. The van der Waals surface area contributed by atoms with Crippen molar-refractivity contribution in [3.8, 4) is 11.1 Å². The van der Waals surface area contributed by atoms with Gasteiger partial charge in [-0.1, -0.05) is 48.0 Å². The second-order valence-electron chi connectivity index (χ2n) is 6.31. The lowest BCUT2D eigenvalue weighted by molar-refractivity contribution is -0.143. The van der Waals surface area contributed by atoms with E-state index in [1.165, 1.54) is 0 Å². The van der Waals surface area contributed by atoms with Crippen LogP contribution < -0.4 is 5.32 Å². The van der Waals surface area contributed by atoms with Crippen molar-refractivity contribution < 1.29 is 19.4 Å². The summed E-state index contributed by atoms with van der Waals surface area (Å²) in [6.45, 7) is 1.95. The molecule has 152 valence electrons. The van der Waals surface area contributed by atoms with E-state index in [2.05, 4.69) is 5.32 Å². The molecule has 0 spiro atoms. The van der Waals surface area contributed by atoms with Gasteiger partial charge < -0.3 is 20.6 Å². The number of aliphatic hydroxyl groups is 1. The third kappa shape index (κ3) is 7.08. The lowest BCUT2D eigenvalue weighted by atomic mass is 9.99. The van der Waals surface area contributed by atoms with E-state index in [1.54, 1.807) is 6.92 Å². The first-order chi connectivity index (χ1) is 13.9. The summed E-state index contributed by atoms with van der Waals surface area (Å²) in [5, 5.41) is 19.8. The predicted molar refractivity (Wildman–Crippen MR) is 113 cm³/mol. The Bertz CT molecular complexity index is 894. The molecule has 0 unspecified atom stereocenters. The summed E-state index contributed by atoms with van der Waals surface area (Å²) in [5.41, 5.74) is 2.89. The molecule has 0 saturated carbocycles. The summed E-state index contributed by atoms with van der Waals surface area (Å²) in [6.07, 6.45) is 2.12. The third-order valence-electron chi connectivity index (χ3n) is 4.12. The van der Waals surface area contributed by atoms with Gasteiger partial charge in [0.15, 0.2) is 5.76 Å². The molecule has 0 radical (unpaired) electrons. The Morgan fingerprint density at radius 2 is 1.93 bits per heavy atom. The standard InChI is InChI=1S/C22H23ClN2O4/c1-2-29-21(27)14-19(25-22(28)20(26)10-11-24)12-15-6-8-16(9-7-15)17-4-3-5-18(23)13-17/h3-11,13,19,24,26H,2,12,14H2,1H3,(H,25,28)/b20-10-,24-11?/t19-/m1/s1. The second-order valence-corrected chi connectivity index (χ2v) is 6.75. The molecule has 0 saturated heterocycles. The van der Waals surface area contributed by atoms with Crippen LogP contribution in [0.15, 0.2) is 60.4 Å². The number of allylic oxidation sites excluding steroid dienone is 1. The van der Waals surface area contributed by atoms with E-state index < -0.39 is 23.7 Å². The molecule has 1 amide bonds. The Balaban J connectivity index is 2.14. The summed E-state index contributed by atoms with van der Waals surface area (Å²) in [4.78, 5) is 23.9. The lowest BCUT2D eigenvalue weighted by Crippen LogP contribution is -2.39. The van der Waals surface area contributed by atoms with E-state index >= 15 is 0 Å². The number of aliphatic hydroxyl groups excluding tert-OH is 1. The molecule has 29 heavy (non-hydrogen) atoms. The van der Waals surface area contributed by atoms with Gasteiger partial charge >= 0.3 is 5.97 Å². The number of benzene rings is 2. The van der Waals surface area contributed by atoms with E-state index in [1.807, 2.05) is 48.5 Å². The maximum absolute atomic E-state index is 12.0. The normalized spacial score (nSPS) is 12.1. The van der Waals surface area contributed by atoms with Gasteiger partial charge in [0.2, 0.25) is 0 Å². The predicted octanol–water partition coefficient (Wildman–Crippen LogP) is 4.08. The van der Waals surface area contributed by atoms with Gasteiger partial charge in [0, 0.05) is 23.4 Å². The highest BCUT2D eigenvalue weighted by atomic mass is 35.5. The summed E-state index contributed by atoms with van der Waals surface area (Å²) < 4.78 is 4.97. The number of hydrogen-bond donors (Lipinski definition) is 3. The lowest BCUT2D eigenvalue weighted by Gasteiger charge is -2.18. The SMILES string of the molecule is CCOC(=O)C[C@@H](Cc1ccc(-c2cccc(Cl)c2)cc1)NC(=O)/C(O)=C/C=N. The minimum absolute atomic E-state index is 0.0342. The van der Waals surface area contributed by atoms with Crippen LogP contribution in [0, 0.1) is 5.41 Å². The van der Waals surface area contributed by atoms with Crippen LogP contribution in [-0.2, 0) is 20.7 Å². The molecule has 0 heterocycles. The monoisotopic (exact) mass is 414 g/mol. The van der Waals surface area contributed by atoms with Crippen molar-refractivity contribution in [3.05, 3.63) is 71.0 Å².